The quantitative estimate of drug-likeness (QED) is 0.0261. The average Bonchev–Trinajstić information content (AvgIpc) is 3.46. The van der Waals surface area contributed by atoms with Crippen LogP contribution in [0.5, 0.6) is 0 Å². The Morgan fingerprint density at radius 1 is 0.263 bits per heavy atom. The molecule has 0 aliphatic carbocycles. The zero-order valence-corrected chi connectivity index (χ0v) is 53.6. The molecule has 1 unspecified atom stereocenters. The third-order valence-corrected chi connectivity index (χ3v) is 15.8. The van der Waals surface area contributed by atoms with Crippen molar-refractivity contribution in [3.63, 3.8) is 0 Å². The summed E-state index contributed by atoms with van der Waals surface area (Å²) in [6.07, 6.45) is 88.2. The summed E-state index contributed by atoms with van der Waals surface area (Å²) in [4.78, 5) is 38.4. The van der Waals surface area contributed by atoms with E-state index in [-0.39, 0.29) is 31.1 Å². The van der Waals surface area contributed by atoms with Crippen LogP contribution in [0.2, 0.25) is 0 Å². The van der Waals surface area contributed by atoms with Crippen LogP contribution in [0.15, 0.2) is 60.8 Å². The van der Waals surface area contributed by atoms with Crippen molar-refractivity contribution in [1.82, 2.24) is 0 Å². The van der Waals surface area contributed by atoms with E-state index >= 15 is 0 Å². The Hall–Kier alpha value is -2.89. The number of hydrogen-bond acceptors (Lipinski definition) is 6. The van der Waals surface area contributed by atoms with E-state index in [1.54, 1.807) is 0 Å². The van der Waals surface area contributed by atoms with E-state index in [1.165, 1.54) is 244 Å². The zero-order chi connectivity index (χ0) is 57.8. The summed E-state index contributed by atoms with van der Waals surface area (Å²) in [5, 5.41) is 0. The largest absolute Gasteiger partial charge is 0.462 e. The van der Waals surface area contributed by atoms with Gasteiger partial charge in [-0.1, -0.05) is 332 Å². The highest BCUT2D eigenvalue weighted by atomic mass is 16.6. The van der Waals surface area contributed by atoms with Crippen molar-refractivity contribution < 1.29 is 28.6 Å². The minimum Gasteiger partial charge on any atom is -0.462 e. The van der Waals surface area contributed by atoms with Gasteiger partial charge in [0.15, 0.2) is 6.10 Å². The highest BCUT2D eigenvalue weighted by Gasteiger charge is 2.19. The van der Waals surface area contributed by atoms with Crippen LogP contribution in [0, 0.1) is 0 Å². The number of hydrogen-bond donors (Lipinski definition) is 0. The molecule has 6 nitrogen and oxygen atoms in total. The lowest BCUT2D eigenvalue weighted by Gasteiger charge is -2.18. The molecule has 80 heavy (non-hydrogen) atoms. The second kappa shape index (κ2) is 68.6. The van der Waals surface area contributed by atoms with Crippen molar-refractivity contribution in [2.45, 2.75) is 380 Å². The molecule has 0 saturated heterocycles. The maximum Gasteiger partial charge on any atom is 0.306 e. The summed E-state index contributed by atoms with van der Waals surface area (Å²) in [5.74, 6) is -0.853. The van der Waals surface area contributed by atoms with Crippen LogP contribution < -0.4 is 0 Å². The normalized spacial score (nSPS) is 12.4. The van der Waals surface area contributed by atoms with Gasteiger partial charge in [0.2, 0.25) is 0 Å². The van der Waals surface area contributed by atoms with Crippen molar-refractivity contribution in [2.24, 2.45) is 0 Å². The van der Waals surface area contributed by atoms with E-state index in [4.69, 9.17) is 14.2 Å². The summed E-state index contributed by atoms with van der Waals surface area (Å²) in [7, 11) is 0. The molecule has 0 N–H and O–H groups in total. The highest BCUT2D eigenvalue weighted by Crippen LogP contribution is 2.18. The molecule has 6 heteroatoms. The molecule has 466 valence electrons. The van der Waals surface area contributed by atoms with Gasteiger partial charge in [-0.2, -0.15) is 0 Å². The van der Waals surface area contributed by atoms with E-state index in [1.807, 2.05) is 0 Å². The van der Waals surface area contributed by atoms with E-state index in [0.29, 0.717) is 19.3 Å². The predicted molar refractivity (Wildman–Crippen MR) is 348 cm³/mol. The Bertz CT molecular complexity index is 1430. The van der Waals surface area contributed by atoms with Gasteiger partial charge in [0.25, 0.3) is 0 Å². The molecule has 0 fully saturated rings. The number of rotatable bonds is 65. The van der Waals surface area contributed by atoms with Crippen LogP contribution in [-0.4, -0.2) is 37.2 Å². The monoisotopic (exact) mass is 1120 g/mol. The number of ether oxygens (including phenoxy) is 3. The maximum absolute atomic E-state index is 12.9. The molecule has 0 saturated carbocycles. The van der Waals surface area contributed by atoms with Gasteiger partial charge in [0, 0.05) is 19.3 Å². The first-order chi connectivity index (χ1) is 39.5. The fraction of sp³-hybridized carbons (Fsp3) is 0.824. The van der Waals surface area contributed by atoms with Crippen LogP contribution in [0.4, 0.5) is 0 Å². The number of allylic oxidation sites excluding steroid dienone is 10. The van der Waals surface area contributed by atoms with Crippen LogP contribution in [-0.2, 0) is 28.6 Å². The molecule has 0 spiro atoms. The first-order valence-electron chi connectivity index (χ1n) is 35.3. The Kier molecular flexibility index (Phi) is 66.1. The smallest absolute Gasteiger partial charge is 0.306 e. The van der Waals surface area contributed by atoms with Gasteiger partial charge < -0.3 is 14.2 Å². The molecular formula is C74H134O6. The highest BCUT2D eigenvalue weighted by molar-refractivity contribution is 5.71. The van der Waals surface area contributed by atoms with Gasteiger partial charge in [0.1, 0.15) is 13.2 Å². The Labute approximate surface area is 498 Å². The molecule has 0 amide bonds. The standard InChI is InChI=1S/C74H134O6/c1-4-7-10-13-16-19-22-25-28-30-31-32-33-34-35-36-37-38-39-40-41-42-43-44-47-49-52-55-58-61-64-67-73(76)79-70-71(69-78-72(75)66-63-60-57-54-51-48-45-27-24-21-18-15-12-9-6-3)80-74(77)68-65-62-59-56-53-50-46-29-26-23-20-17-14-11-8-5-2/h7,10,16,19,25,27-28,31-32,45,71H,4-6,8-9,11-15,17-18,20-24,26,29-30,33-44,46-70H2,1-3H3/b10-7-,19-16-,28-25-,32-31-,45-27-. The van der Waals surface area contributed by atoms with Crippen LogP contribution in [0.1, 0.15) is 374 Å². The van der Waals surface area contributed by atoms with Gasteiger partial charge in [0.05, 0.1) is 0 Å². The molecule has 0 heterocycles. The number of carbonyl (C=O) groups is 3. The van der Waals surface area contributed by atoms with E-state index < -0.39 is 6.10 Å². The minimum atomic E-state index is -0.774. The molecule has 1 atom stereocenters. The molecule has 0 radical (unpaired) electrons. The molecular weight excluding hydrogens is 985 g/mol. The fourth-order valence-electron chi connectivity index (χ4n) is 10.5. The summed E-state index contributed by atoms with van der Waals surface area (Å²) in [5.41, 5.74) is 0. The number of carbonyl (C=O) groups excluding carboxylic acids is 3. The van der Waals surface area contributed by atoms with Crippen molar-refractivity contribution in [3.05, 3.63) is 60.8 Å². The van der Waals surface area contributed by atoms with Crippen LogP contribution >= 0.6 is 0 Å². The van der Waals surface area contributed by atoms with Crippen molar-refractivity contribution in [1.29, 1.82) is 0 Å². The number of esters is 3. The van der Waals surface area contributed by atoms with Gasteiger partial charge in [-0.15, -0.1) is 0 Å². The van der Waals surface area contributed by atoms with Gasteiger partial charge >= 0.3 is 17.9 Å². The topological polar surface area (TPSA) is 78.9 Å². The Morgan fingerprint density at radius 3 is 0.775 bits per heavy atom. The van der Waals surface area contributed by atoms with Crippen molar-refractivity contribution in [3.8, 4) is 0 Å². The molecule has 0 rings (SSSR count). The zero-order valence-electron chi connectivity index (χ0n) is 53.6. The summed E-state index contributed by atoms with van der Waals surface area (Å²) in [6.45, 7) is 6.58. The second-order valence-corrected chi connectivity index (χ2v) is 23.8. The van der Waals surface area contributed by atoms with Crippen molar-refractivity contribution in [2.75, 3.05) is 13.2 Å². The van der Waals surface area contributed by atoms with E-state index in [0.717, 1.165) is 89.9 Å². The maximum atomic E-state index is 12.9. The van der Waals surface area contributed by atoms with Gasteiger partial charge in [-0.25, -0.2) is 0 Å². The summed E-state index contributed by atoms with van der Waals surface area (Å²) >= 11 is 0. The second-order valence-electron chi connectivity index (χ2n) is 23.8. The Balaban J connectivity index is 4.18. The third-order valence-electron chi connectivity index (χ3n) is 15.8. The fourth-order valence-corrected chi connectivity index (χ4v) is 10.5. The predicted octanol–water partition coefficient (Wildman–Crippen LogP) is 24.3. The summed E-state index contributed by atoms with van der Waals surface area (Å²) < 4.78 is 17.0. The Morgan fingerprint density at radius 2 is 0.487 bits per heavy atom. The first-order valence-corrected chi connectivity index (χ1v) is 35.3. The molecule has 0 bridgehead atoms. The van der Waals surface area contributed by atoms with Gasteiger partial charge in [-0.05, 0) is 83.5 Å². The first kappa shape index (κ1) is 77.1. The van der Waals surface area contributed by atoms with Crippen LogP contribution in [0.3, 0.4) is 0 Å². The molecule has 0 aromatic rings. The lowest BCUT2D eigenvalue weighted by Crippen LogP contribution is -2.30. The number of unbranched alkanes of at least 4 members (excludes halogenated alkanes) is 44. The lowest BCUT2D eigenvalue weighted by molar-refractivity contribution is -0.167. The molecule has 0 aliphatic rings. The van der Waals surface area contributed by atoms with Crippen molar-refractivity contribution >= 4 is 17.9 Å². The molecule has 0 aromatic carbocycles. The molecule has 0 aromatic heterocycles. The van der Waals surface area contributed by atoms with E-state index in [9.17, 15) is 14.4 Å². The lowest BCUT2D eigenvalue weighted by atomic mass is 10.0. The molecule has 0 aliphatic heterocycles. The average molecular weight is 1120 g/mol. The minimum absolute atomic E-state index is 0.0706. The van der Waals surface area contributed by atoms with Gasteiger partial charge in [-0.3, -0.25) is 14.4 Å². The van der Waals surface area contributed by atoms with E-state index in [2.05, 4.69) is 81.5 Å². The summed E-state index contributed by atoms with van der Waals surface area (Å²) in [6, 6.07) is 0. The van der Waals surface area contributed by atoms with Crippen LogP contribution in [0.25, 0.3) is 0 Å². The SMILES string of the molecule is CC/C=C\C/C=C\C/C=C\C/C=C\CCCCCCCCCCCCCCCCCCCCC(=O)OCC(COC(=O)CCCCCCC/C=C\CCCCCCCC)OC(=O)CCCCCCCCCCCCCCCCCC. The third kappa shape index (κ3) is 65.9.